The molecule has 0 saturated carbocycles. The summed E-state index contributed by atoms with van der Waals surface area (Å²) in [5.74, 6) is 0. The predicted octanol–water partition coefficient (Wildman–Crippen LogP) is 3.78. The molecule has 1 aromatic heterocycles. The van der Waals surface area contributed by atoms with Crippen LogP contribution in [0.3, 0.4) is 0 Å². The van der Waals surface area contributed by atoms with Crippen molar-refractivity contribution in [2.24, 2.45) is 0 Å². The lowest BCUT2D eigenvalue weighted by Gasteiger charge is -2.14. The first-order valence-electron chi connectivity index (χ1n) is 8.74. The first-order chi connectivity index (χ1) is 13.1. The van der Waals surface area contributed by atoms with Gasteiger partial charge in [0, 0.05) is 0 Å². The zero-order chi connectivity index (χ0) is 18.8. The maximum atomic E-state index is 13.3. The van der Waals surface area contributed by atoms with Gasteiger partial charge in [-0.25, -0.2) is 4.98 Å². The summed E-state index contributed by atoms with van der Waals surface area (Å²) in [6, 6.07) is 17.0. The molecular formula is C21H17N3O3. The van der Waals surface area contributed by atoms with Crippen molar-refractivity contribution in [2.45, 2.75) is 19.4 Å². The second-order valence-electron chi connectivity index (χ2n) is 6.37. The molecular weight excluding hydrogens is 342 g/mol. The first-order valence-corrected chi connectivity index (χ1v) is 8.74. The molecule has 3 aromatic rings. The van der Waals surface area contributed by atoms with Crippen molar-refractivity contribution >= 4 is 16.6 Å². The minimum absolute atomic E-state index is 0.0487. The average Bonchev–Trinajstić information content (AvgIpc) is 2.70. The lowest BCUT2D eigenvalue weighted by molar-refractivity contribution is -0.417. The van der Waals surface area contributed by atoms with Gasteiger partial charge >= 0.3 is 0 Å². The van der Waals surface area contributed by atoms with Gasteiger partial charge in [-0.15, -0.1) is 0 Å². The highest BCUT2D eigenvalue weighted by atomic mass is 16.6. The van der Waals surface area contributed by atoms with Crippen molar-refractivity contribution in [1.82, 2.24) is 9.55 Å². The van der Waals surface area contributed by atoms with Crippen molar-refractivity contribution in [2.75, 3.05) is 0 Å². The number of hydrogen-bond acceptors (Lipinski definition) is 4. The van der Waals surface area contributed by atoms with Gasteiger partial charge in [-0.3, -0.25) is 14.9 Å². The van der Waals surface area contributed by atoms with Crippen LogP contribution < -0.4 is 5.56 Å². The number of benzene rings is 2. The fourth-order valence-electron chi connectivity index (χ4n) is 3.34. The molecule has 0 radical (unpaired) electrons. The van der Waals surface area contributed by atoms with Crippen LogP contribution in [-0.2, 0) is 6.54 Å². The normalized spacial score (nSPS) is 13.9. The molecule has 2 aromatic carbocycles. The van der Waals surface area contributed by atoms with Crippen molar-refractivity contribution in [3.8, 4) is 0 Å². The third-order valence-corrected chi connectivity index (χ3v) is 4.62. The molecule has 0 bridgehead atoms. The van der Waals surface area contributed by atoms with Crippen LogP contribution in [0.25, 0.3) is 16.6 Å². The number of para-hydroxylation sites is 2. The van der Waals surface area contributed by atoms with E-state index in [0.29, 0.717) is 36.0 Å². The number of nitrogens with zero attached hydrogens (tertiary/aromatic N) is 3. The van der Waals surface area contributed by atoms with Crippen molar-refractivity contribution in [1.29, 1.82) is 0 Å². The lowest BCUT2D eigenvalue weighted by Crippen LogP contribution is -2.27. The van der Waals surface area contributed by atoms with Crippen LogP contribution in [0.2, 0.25) is 0 Å². The second-order valence-corrected chi connectivity index (χ2v) is 6.37. The van der Waals surface area contributed by atoms with Gasteiger partial charge in [0.25, 0.3) is 11.3 Å². The minimum Gasteiger partial charge on any atom is -0.300 e. The Bertz CT molecular complexity index is 1140. The van der Waals surface area contributed by atoms with Crippen LogP contribution in [0.1, 0.15) is 24.1 Å². The molecule has 1 heterocycles. The Morgan fingerprint density at radius 2 is 1.70 bits per heavy atom. The number of allylic oxidation sites excluding steroid dienone is 3. The van der Waals surface area contributed by atoms with Crippen molar-refractivity contribution in [3.05, 3.63) is 104 Å². The minimum atomic E-state index is -0.442. The van der Waals surface area contributed by atoms with Gasteiger partial charge in [0.05, 0.1) is 28.1 Å². The quantitative estimate of drug-likeness (QED) is 0.524. The Labute approximate surface area is 155 Å². The zero-order valence-corrected chi connectivity index (χ0v) is 14.5. The zero-order valence-electron chi connectivity index (χ0n) is 14.5. The molecule has 134 valence electrons. The smallest absolute Gasteiger partial charge is 0.278 e. The molecule has 1 aliphatic carbocycles. The standard InChI is InChI=1S/C21H17N3O3/c25-21-20(16-10-4-6-12-18(16)24(26)27)22-17-11-5-7-13-19(17)23(21)14-15-8-2-1-3-9-15/h1-3,5,7-13H,4,6,14H2. The summed E-state index contributed by atoms with van der Waals surface area (Å²) in [6.07, 6.45) is 4.54. The highest BCUT2D eigenvalue weighted by Crippen LogP contribution is 2.27. The van der Waals surface area contributed by atoms with E-state index in [4.69, 9.17) is 0 Å². The van der Waals surface area contributed by atoms with Gasteiger partial charge in [0.1, 0.15) is 5.69 Å². The molecule has 1 aliphatic rings. The second kappa shape index (κ2) is 6.99. The van der Waals surface area contributed by atoms with E-state index >= 15 is 0 Å². The molecule has 0 unspecified atom stereocenters. The lowest BCUT2D eigenvalue weighted by atomic mass is 10.0. The summed E-state index contributed by atoms with van der Waals surface area (Å²) in [6.45, 7) is 0.375. The number of aromatic nitrogens is 2. The molecule has 0 spiro atoms. The molecule has 27 heavy (non-hydrogen) atoms. The fraction of sp³-hybridized carbons (Fsp3) is 0.143. The summed E-state index contributed by atoms with van der Waals surface area (Å²) >= 11 is 0. The van der Waals surface area contributed by atoms with Crippen LogP contribution in [0.4, 0.5) is 0 Å². The molecule has 0 atom stereocenters. The van der Waals surface area contributed by atoms with E-state index < -0.39 is 4.92 Å². The predicted molar refractivity (Wildman–Crippen MR) is 104 cm³/mol. The van der Waals surface area contributed by atoms with Crippen LogP contribution in [0.5, 0.6) is 0 Å². The third kappa shape index (κ3) is 3.17. The Morgan fingerprint density at radius 1 is 1.00 bits per heavy atom. The van der Waals surface area contributed by atoms with E-state index in [2.05, 4.69) is 4.98 Å². The SMILES string of the molecule is O=c1c(C2=CCCC=C2[N+](=O)[O-])nc2ccccc2n1Cc1ccccc1. The van der Waals surface area contributed by atoms with Gasteiger partial charge in [-0.2, -0.15) is 0 Å². The van der Waals surface area contributed by atoms with Crippen LogP contribution in [-0.4, -0.2) is 14.5 Å². The van der Waals surface area contributed by atoms with Crippen LogP contribution in [0, 0.1) is 10.1 Å². The molecule has 0 amide bonds. The van der Waals surface area contributed by atoms with Crippen molar-refractivity contribution < 1.29 is 4.92 Å². The van der Waals surface area contributed by atoms with Gasteiger partial charge in [0.15, 0.2) is 0 Å². The van der Waals surface area contributed by atoms with E-state index in [9.17, 15) is 14.9 Å². The summed E-state index contributed by atoms with van der Waals surface area (Å²) in [7, 11) is 0. The fourth-order valence-corrected chi connectivity index (χ4v) is 3.34. The van der Waals surface area contributed by atoms with E-state index in [1.165, 1.54) is 0 Å². The van der Waals surface area contributed by atoms with Gasteiger partial charge in [0.2, 0.25) is 0 Å². The average molecular weight is 359 g/mol. The van der Waals surface area contributed by atoms with Crippen molar-refractivity contribution in [3.63, 3.8) is 0 Å². The Balaban J connectivity index is 1.94. The Kier molecular flexibility index (Phi) is 4.38. The molecule has 0 fully saturated rings. The number of fused-ring (bicyclic) bond motifs is 1. The highest BCUT2D eigenvalue weighted by molar-refractivity contribution is 5.81. The molecule has 0 aliphatic heterocycles. The van der Waals surface area contributed by atoms with Crippen LogP contribution in [0.15, 0.2) is 77.2 Å². The monoisotopic (exact) mass is 359 g/mol. The first kappa shape index (κ1) is 16.9. The summed E-state index contributed by atoms with van der Waals surface area (Å²) in [4.78, 5) is 28.8. The topological polar surface area (TPSA) is 78.0 Å². The number of hydrogen-bond donors (Lipinski definition) is 0. The third-order valence-electron chi connectivity index (χ3n) is 4.62. The highest BCUT2D eigenvalue weighted by Gasteiger charge is 2.26. The number of nitro groups is 1. The molecule has 4 rings (SSSR count). The van der Waals surface area contributed by atoms with E-state index in [-0.39, 0.29) is 17.0 Å². The molecule has 6 heteroatoms. The summed E-state index contributed by atoms with van der Waals surface area (Å²) in [5, 5.41) is 11.4. The Hall–Kier alpha value is -3.54. The molecule has 0 N–H and O–H groups in total. The van der Waals surface area contributed by atoms with E-state index in [0.717, 1.165) is 5.56 Å². The maximum absolute atomic E-state index is 13.3. The molecule has 0 saturated heterocycles. The Morgan fingerprint density at radius 3 is 2.48 bits per heavy atom. The van der Waals surface area contributed by atoms with Crippen LogP contribution >= 0.6 is 0 Å². The van der Waals surface area contributed by atoms with Gasteiger partial charge in [-0.05, 0) is 36.6 Å². The van der Waals surface area contributed by atoms with E-state index in [1.807, 2.05) is 54.6 Å². The summed E-state index contributed by atoms with van der Waals surface area (Å²) < 4.78 is 1.64. The number of rotatable bonds is 4. The van der Waals surface area contributed by atoms with Gasteiger partial charge < -0.3 is 4.57 Å². The largest absolute Gasteiger partial charge is 0.300 e. The molecule has 6 nitrogen and oxygen atoms in total. The summed E-state index contributed by atoms with van der Waals surface area (Å²) in [5.41, 5.74) is 2.39. The van der Waals surface area contributed by atoms with E-state index in [1.54, 1.807) is 16.7 Å². The maximum Gasteiger partial charge on any atom is 0.278 e. The van der Waals surface area contributed by atoms with Gasteiger partial charge in [-0.1, -0.05) is 48.5 Å².